The van der Waals surface area contributed by atoms with Crippen molar-refractivity contribution in [2.45, 2.75) is 4.90 Å². The molecule has 6 heteroatoms. The number of rotatable bonds is 3. The molecule has 1 saturated heterocycles. The van der Waals surface area contributed by atoms with E-state index >= 15 is 0 Å². The molecule has 2 amide bonds. The van der Waals surface area contributed by atoms with Gasteiger partial charge in [-0.2, -0.15) is 0 Å². The van der Waals surface area contributed by atoms with Crippen LogP contribution in [0.15, 0.2) is 53.4 Å². The molecule has 2 aromatic rings. The Morgan fingerprint density at radius 1 is 1.00 bits per heavy atom. The Kier molecular flexibility index (Phi) is 3.81. The van der Waals surface area contributed by atoms with Gasteiger partial charge in [0.15, 0.2) is 0 Å². The average Bonchev–Trinajstić information content (AvgIpc) is 2.89. The minimum Gasteiger partial charge on any atom is -0.292 e. The van der Waals surface area contributed by atoms with Crippen molar-refractivity contribution in [1.82, 2.24) is 0 Å². The highest BCUT2D eigenvalue weighted by atomic mass is 32.2. The zero-order valence-corrected chi connectivity index (χ0v) is 12.0. The third-order valence-corrected chi connectivity index (χ3v) is 3.98. The molecule has 0 aliphatic carbocycles. The fourth-order valence-electron chi connectivity index (χ4n) is 2.38. The number of amides is 2. The van der Waals surface area contributed by atoms with Gasteiger partial charge in [0, 0.05) is 23.7 Å². The SMILES string of the molecule is NSc1ccc(N2CCN(c3ccccc3F)C2=O)cc1. The van der Waals surface area contributed by atoms with Gasteiger partial charge < -0.3 is 0 Å². The molecule has 0 unspecified atom stereocenters. The molecular weight excluding hydrogens is 289 g/mol. The molecule has 1 heterocycles. The molecule has 2 N–H and O–H groups in total. The Bertz CT molecular complexity index is 662. The highest BCUT2D eigenvalue weighted by Crippen LogP contribution is 2.27. The van der Waals surface area contributed by atoms with E-state index in [1.165, 1.54) is 11.0 Å². The number of nitrogens with zero attached hydrogens (tertiary/aromatic N) is 2. The molecule has 0 atom stereocenters. The maximum atomic E-state index is 13.8. The van der Waals surface area contributed by atoms with Gasteiger partial charge in [-0.15, -0.1) is 0 Å². The van der Waals surface area contributed by atoms with Gasteiger partial charge in [-0.3, -0.25) is 14.9 Å². The van der Waals surface area contributed by atoms with Gasteiger partial charge >= 0.3 is 6.03 Å². The van der Waals surface area contributed by atoms with Crippen LogP contribution in [0.25, 0.3) is 0 Å². The first-order chi connectivity index (χ1) is 10.2. The first-order valence-electron chi connectivity index (χ1n) is 6.51. The Morgan fingerprint density at radius 2 is 1.67 bits per heavy atom. The van der Waals surface area contributed by atoms with Gasteiger partial charge in [-0.1, -0.05) is 12.1 Å². The van der Waals surface area contributed by atoms with Gasteiger partial charge in [0.25, 0.3) is 0 Å². The van der Waals surface area contributed by atoms with Crippen molar-refractivity contribution in [1.29, 1.82) is 0 Å². The summed E-state index contributed by atoms with van der Waals surface area (Å²) in [6, 6.07) is 13.5. The summed E-state index contributed by atoms with van der Waals surface area (Å²) in [5.74, 6) is -0.387. The molecular formula is C15H14FN3OS. The summed E-state index contributed by atoms with van der Waals surface area (Å²) >= 11 is 1.16. The number of anilines is 2. The molecule has 21 heavy (non-hydrogen) atoms. The van der Waals surface area contributed by atoms with Crippen LogP contribution in [0.4, 0.5) is 20.6 Å². The van der Waals surface area contributed by atoms with E-state index < -0.39 is 0 Å². The molecule has 2 aromatic carbocycles. The molecule has 108 valence electrons. The molecule has 1 aliphatic heterocycles. The number of carbonyl (C=O) groups is 1. The van der Waals surface area contributed by atoms with Crippen molar-refractivity contribution in [3.8, 4) is 0 Å². The molecule has 3 rings (SSSR count). The number of hydrogen-bond donors (Lipinski definition) is 1. The average molecular weight is 303 g/mol. The normalized spacial score (nSPS) is 14.9. The summed E-state index contributed by atoms with van der Waals surface area (Å²) in [4.78, 5) is 16.5. The maximum Gasteiger partial charge on any atom is 0.329 e. The summed E-state index contributed by atoms with van der Waals surface area (Å²) in [6.45, 7) is 0.995. The Balaban J connectivity index is 1.84. The quantitative estimate of drug-likeness (QED) is 0.886. The van der Waals surface area contributed by atoms with Crippen LogP contribution in [-0.2, 0) is 0 Å². The van der Waals surface area contributed by atoms with Gasteiger partial charge in [0.1, 0.15) is 5.82 Å². The third-order valence-electron chi connectivity index (χ3n) is 3.44. The zero-order valence-electron chi connectivity index (χ0n) is 11.2. The van der Waals surface area contributed by atoms with E-state index in [9.17, 15) is 9.18 Å². The van der Waals surface area contributed by atoms with E-state index in [2.05, 4.69) is 0 Å². The maximum absolute atomic E-state index is 13.8. The van der Waals surface area contributed by atoms with E-state index in [-0.39, 0.29) is 11.8 Å². The first kappa shape index (κ1) is 13.9. The van der Waals surface area contributed by atoms with E-state index in [4.69, 9.17) is 5.14 Å². The predicted molar refractivity (Wildman–Crippen MR) is 83.0 cm³/mol. The molecule has 0 aromatic heterocycles. The van der Waals surface area contributed by atoms with Crippen molar-refractivity contribution < 1.29 is 9.18 Å². The molecule has 1 aliphatic rings. The van der Waals surface area contributed by atoms with E-state index in [1.54, 1.807) is 23.1 Å². The van der Waals surface area contributed by atoms with Crippen molar-refractivity contribution in [3.05, 3.63) is 54.3 Å². The second kappa shape index (κ2) is 5.75. The minimum absolute atomic E-state index is 0.215. The molecule has 0 bridgehead atoms. The summed E-state index contributed by atoms with van der Waals surface area (Å²) in [6.07, 6.45) is 0. The Morgan fingerprint density at radius 3 is 2.33 bits per heavy atom. The van der Waals surface area contributed by atoms with Crippen LogP contribution in [0, 0.1) is 5.82 Å². The van der Waals surface area contributed by atoms with Crippen molar-refractivity contribution in [2.75, 3.05) is 22.9 Å². The number of urea groups is 1. The number of carbonyl (C=O) groups excluding carboxylic acids is 1. The highest BCUT2D eigenvalue weighted by molar-refractivity contribution is 7.97. The monoisotopic (exact) mass is 303 g/mol. The number of nitrogens with two attached hydrogens (primary N) is 1. The summed E-state index contributed by atoms with van der Waals surface area (Å²) < 4.78 is 13.8. The predicted octanol–water partition coefficient (Wildman–Crippen LogP) is 3.24. The lowest BCUT2D eigenvalue weighted by atomic mass is 10.3. The van der Waals surface area contributed by atoms with Gasteiger partial charge in [-0.25, -0.2) is 9.18 Å². The Labute approximate surface area is 126 Å². The molecule has 0 saturated carbocycles. The largest absolute Gasteiger partial charge is 0.329 e. The number of para-hydroxylation sites is 1. The van der Waals surface area contributed by atoms with Crippen LogP contribution in [0.2, 0.25) is 0 Å². The van der Waals surface area contributed by atoms with Crippen LogP contribution in [-0.4, -0.2) is 19.1 Å². The second-order valence-electron chi connectivity index (χ2n) is 4.65. The number of halogens is 1. The lowest BCUT2D eigenvalue weighted by Crippen LogP contribution is -2.32. The van der Waals surface area contributed by atoms with Crippen LogP contribution >= 0.6 is 11.9 Å². The van der Waals surface area contributed by atoms with Crippen molar-refractivity contribution >= 4 is 29.4 Å². The number of benzene rings is 2. The summed E-state index contributed by atoms with van der Waals surface area (Å²) in [5, 5.41) is 5.48. The molecule has 4 nitrogen and oxygen atoms in total. The summed E-state index contributed by atoms with van der Waals surface area (Å²) in [7, 11) is 0. The van der Waals surface area contributed by atoms with Gasteiger partial charge in [-0.05, 0) is 48.3 Å². The van der Waals surface area contributed by atoms with Crippen LogP contribution in [0.3, 0.4) is 0 Å². The lowest BCUT2D eigenvalue weighted by molar-refractivity contribution is 0.255. The van der Waals surface area contributed by atoms with Gasteiger partial charge in [0.05, 0.1) is 5.69 Å². The molecule has 0 radical (unpaired) electrons. The second-order valence-corrected chi connectivity index (χ2v) is 5.36. The number of hydrogen-bond acceptors (Lipinski definition) is 3. The smallest absolute Gasteiger partial charge is 0.292 e. The standard InChI is InChI=1S/C15H14FN3OS/c16-13-3-1-2-4-14(13)19-10-9-18(15(19)20)11-5-7-12(21-17)8-6-11/h1-8H,9-10,17H2. The molecule has 1 fully saturated rings. The molecule has 0 spiro atoms. The van der Waals surface area contributed by atoms with Crippen LogP contribution in [0.1, 0.15) is 0 Å². The van der Waals surface area contributed by atoms with Crippen molar-refractivity contribution in [2.24, 2.45) is 5.14 Å². The lowest BCUT2D eigenvalue weighted by Gasteiger charge is -2.19. The minimum atomic E-state index is -0.387. The Hall–Kier alpha value is -2.05. The first-order valence-corrected chi connectivity index (χ1v) is 7.39. The highest BCUT2D eigenvalue weighted by Gasteiger charge is 2.31. The van der Waals surface area contributed by atoms with E-state index in [1.807, 2.05) is 24.3 Å². The van der Waals surface area contributed by atoms with Crippen molar-refractivity contribution in [3.63, 3.8) is 0 Å². The summed E-state index contributed by atoms with van der Waals surface area (Å²) in [5.41, 5.74) is 1.11. The van der Waals surface area contributed by atoms with E-state index in [0.717, 1.165) is 22.5 Å². The topological polar surface area (TPSA) is 49.6 Å². The zero-order chi connectivity index (χ0) is 14.8. The van der Waals surface area contributed by atoms with Crippen LogP contribution < -0.4 is 14.9 Å². The van der Waals surface area contributed by atoms with E-state index in [0.29, 0.717) is 18.8 Å². The fraction of sp³-hybridized carbons (Fsp3) is 0.133. The fourth-order valence-corrected chi connectivity index (χ4v) is 2.67. The van der Waals surface area contributed by atoms with Crippen LogP contribution in [0.5, 0.6) is 0 Å². The third kappa shape index (κ3) is 2.59. The van der Waals surface area contributed by atoms with Gasteiger partial charge in [0.2, 0.25) is 0 Å².